The number of rotatable bonds is 3. The Bertz CT molecular complexity index is 623. The standard InChI is InChI=1S/C15H16N6/c16-7-11-4-5-12(8-18-11)21-15-10-19-14(9-20-15)13-3-1-2-6-17-13/h4-5,8-10,13,17H,1-3,6H2,(H,20,21). The van der Waals surface area contributed by atoms with Crippen LogP contribution in [0.15, 0.2) is 30.7 Å². The van der Waals surface area contributed by atoms with E-state index in [0.717, 1.165) is 24.3 Å². The number of nitriles is 1. The Labute approximate surface area is 123 Å². The number of hydrogen-bond acceptors (Lipinski definition) is 6. The lowest BCUT2D eigenvalue weighted by atomic mass is 10.0. The minimum absolute atomic E-state index is 0.317. The van der Waals surface area contributed by atoms with Crippen LogP contribution in [0.1, 0.15) is 36.7 Å². The van der Waals surface area contributed by atoms with E-state index in [2.05, 4.69) is 25.6 Å². The largest absolute Gasteiger partial charge is 0.338 e. The van der Waals surface area contributed by atoms with Crippen molar-refractivity contribution in [2.45, 2.75) is 25.3 Å². The van der Waals surface area contributed by atoms with Crippen LogP contribution >= 0.6 is 0 Å². The maximum absolute atomic E-state index is 8.71. The van der Waals surface area contributed by atoms with Crippen LogP contribution in [-0.2, 0) is 0 Å². The fourth-order valence-electron chi connectivity index (χ4n) is 2.37. The summed E-state index contributed by atoms with van der Waals surface area (Å²) < 4.78 is 0. The Hall–Kier alpha value is -2.52. The maximum Gasteiger partial charge on any atom is 0.148 e. The van der Waals surface area contributed by atoms with Gasteiger partial charge in [0.1, 0.15) is 17.6 Å². The topological polar surface area (TPSA) is 86.5 Å². The van der Waals surface area contributed by atoms with Crippen molar-refractivity contribution < 1.29 is 0 Å². The molecule has 1 atom stereocenters. The number of piperidine rings is 1. The Morgan fingerprint density at radius 1 is 1.14 bits per heavy atom. The summed E-state index contributed by atoms with van der Waals surface area (Å²) in [6, 6.07) is 5.76. The quantitative estimate of drug-likeness (QED) is 0.897. The molecule has 1 aliphatic heterocycles. The van der Waals surface area contributed by atoms with Crippen LogP contribution in [0.5, 0.6) is 0 Å². The van der Waals surface area contributed by atoms with E-state index in [1.54, 1.807) is 24.5 Å². The van der Waals surface area contributed by atoms with Crippen molar-refractivity contribution in [3.63, 3.8) is 0 Å². The van der Waals surface area contributed by atoms with Gasteiger partial charge in [-0.3, -0.25) is 4.98 Å². The van der Waals surface area contributed by atoms with Crippen LogP contribution in [0.3, 0.4) is 0 Å². The molecule has 3 heterocycles. The highest BCUT2D eigenvalue weighted by molar-refractivity contribution is 5.54. The van der Waals surface area contributed by atoms with Gasteiger partial charge in [0.2, 0.25) is 0 Å². The second-order valence-corrected chi connectivity index (χ2v) is 5.00. The Morgan fingerprint density at radius 3 is 2.71 bits per heavy atom. The van der Waals surface area contributed by atoms with Gasteiger partial charge in [-0.05, 0) is 31.5 Å². The summed E-state index contributed by atoms with van der Waals surface area (Å²) >= 11 is 0. The molecule has 2 aromatic heterocycles. The van der Waals surface area contributed by atoms with E-state index in [9.17, 15) is 0 Å². The van der Waals surface area contributed by atoms with Gasteiger partial charge in [-0.1, -0.05) is 6.42 Å². The summed E-state index contributed by atoms with van der Waals surface area (Å²) in [6.45, 7) is 1.04. The van der Waals surface area contributed by atoms with Crippen LogP contribution in [0, 0.1) is 11.3 Å². The summed E-state index contributed by atoms with van der Waals surface area (Å²) in [6.07, 6.45) is 8.72. The molecule has 6 nitrogen and oxygen atoms in total. The molecular formula is C15H16N6. The van der Waals surface area contributed by atoms with E-state index in [1.807, 2.05) is 12.3 Å². The average molecular weight is 280 g/mol. The summed E-state index contributed by atoms with van der Waals surface area (Å²) in [5.74, 6) is 0.668. The second-order valence-electron chi connectivity index (χ2n) is 5.00. The first-order valence-corrected chi connectivity index (χ1v) is 7.03. The predicted octanol–water partition coefficient (Wildman–Crippen LogP) is 2.30. The van der Waals surface area contributed by atoms with Gasteiger partial charge in [0, 0.05) is 0 Å². The summed E-state index contributed by atoms with van der Waals surface area (Å²) in [5.41, 5.74) is 2.16. The van der Waals surface area contributed by atoms with Crippen molar-refractivity contribution in [1.29, 1.82) is 5.26 Å². The molecule has 1 aliphatic rings. The third-order valence-corrected chi connectivity index (χ3v) is 3.49. The summed E-state index contributed by atoms with van der Waals surface area (Å²) in [7, 11) is 0. The van der Waals surface area contributed by atoms with Crippen molar-refractivity contribution in [2.75, 3.05) is 11.9 Å². The van der Waals surface area contributed by atoms with Gasteiger partial charge in [0.05, 0.1) is 36.0 Å². The SMILES string of the molecule is N#Cc1ccc(Nc2cnc(C3CCCCN3)cn2)cn1. The number of nitrogens with one attached hydrogen (secondary N) is 2. The summed E-state index contributed by atoms with van der Waals surface area (Å²) in [5, 5.41) is 15.3. The van der Waals surface area contributed by atoms with Gasteiger partial charge in [-0.25, -0.2) is 9.97 Å². The fourth-order valence-corrected chi connectivity index (χ4v) is 2.37. The first kappa shape index (κ1) is 13.5. The molecule has 0 aromatic carbocycles. The average Bonchev–Trinajstić information content (AvgIpc) is 2.57. The monoisotopic (exact) mass is 280 g/mol. The molecular weight excluding hydrogens is 264 g/mol. The van der Waals surface area contributed by atoms with Gasteiger partial charge in [-0.2, -0.15) is 5.26 Å². The van der Waals surface area contributed by atoms with E-state index in [0.29, 0.717) is 17.6 Å². The fraction of sp³-hybridized carbons (Fsp3) is 0.333. The molecule has 106 valence electrons. The molecule has 0 spiro atoms. The molecule has 2 aromatic rings. The lowest BCUT2D eigenvalue weighted by molar-refractivity contribution is 0.404. The molecule has 1 saturated heterocycles. The highest BCUT2D eigenvalue weighted by Crippen LogP contribution is 2.21. The van der Waals surface area contributed by atoms with Gasteiger partial charge < -0.3 is 10.6 Å². The minimum atomic E-state index is 0.317. The highest BCUT2D eigenvalue weighted by Gasteiger charge is 2.16. The maximum atomic E-state index is 8.71. The first-order chi connectivity index (χ1) is 10.3. The smallest absolute Gasteiger partial charge is 0.148 e. The number of anilines is 2. The Kier molecular flexibility index (Phi) is 4.03. The predicted molar refractivity (Wildman–Crippen MR) is 78.9 cm³/mol. The lowest BCUT2D eigenvalue weighted by Crippen LogP contribution is -2.27. The molecule has 0 saturated carbocycles. The molecule has 1 unspecified atom stereocenters. The lowest BCUT2D eigenvalue weighted by Gasteiger charge is -2.22. The molecule has 6 heteroatoms. The molecule has 0 aliphatic carbocycles. The molecule has 0 radical (unpaired) electrons. The summed E-state index contributed by atoms with van der Waals surface area (Å²) in [4.78, 5) is 12.9. The normalized spacial score (nSPS) is 18.0. The van der Waals surface area contributed by atoms with Gasteiger partial charge >= 0.3 is 0 Å². The second kappa shape index (κ2) is 6.29. The zero-order valence-electron chi connectivity index (χ0n) is 11.6. The van der Waals surface area contributed by atoms with Crippen molar-refractivity contribution >= 4 is 11.5 Å². The van der Waals surface area contributed by atoms with E-state index < -0.39 is 0 Å². The third kappa shape index (κ3) is 3.33. The van der Waals surface area contributed by atoms with Crippen LogP contribution in [0.2, 0.25) is 0 Å². The van der Waals surface area contributed by atoms with Crippen LogP contribution < -0.4 is 10.6 Å². The van der Waals surface area contributed by atoms with E-state index in [4.69, 9.17) is 5.26 Å². The van der Waals surface area contributed by atoms with Crippen LogP contribution in [-0.4, -0.2) is 21.5 Å². The van der Waals surface area contributed by atoms with Crippen molar-refractivity contribution in [3.8, 4) is 6.07 Å². The van der Waals surface area contributed by atoms with E-state index in [1.165, 1.54) is 12.8 Å². The van der Waals surface area contributed by atoms with Crippen molar-refractivity contribution in [3.05, 3.63) is 42.1 Å². The Balaban J connectivity index is 1.67. The van der Waals surface area contributed by atoms with Crippen molar-refractivity contribution in [2.24, 2.45) is 0 Å². The number of pyridine rings is 1. The molecule has 3 rings (SSSR count). The molecule has 1 fully saturated rings. The van der Waals surface area contributed by atoms with E-state index >= 15 is 0 Å². The molecule has 2 N–H and O–H groups in total. The number of nitrogens with zero attached hydrogens (tertiary/aromatic N) is 4. The van der Waals surface area contributed by atoms with Crippen LogP contribution in [0.25, 0.3) is 0 Å². The first-order valence-electron chi connectivity index (χ1n) is 7.03. The third-order valence-electron chi connectivity index (χ3n) is 3.49. The van der Waals surface area contributed by atoms with Crippen LogP contribution in [0.4, 0.5) is 11.5 Å². The zero-order valence-corrected chi connectivity index (χ0v) is 11.6. The van der Waals surface area contributed by atoms with Crippen molar-refractivity contribution in [1.82, 2.24) is 20.3 Å². The Morgan fingerprint density at radius 2 is 2.10 bits per heavy atom. The van der Waals surface area contributed by atoms with Gasteiger partial charge in [0.25, 0.3) is 0 Å². The number of aromatic nitrogens is 3. The molecule has 21 heavy (non-hydrogen) atoms. The van der Waals surface area contributed by atoms with Gasteiger partial charge in [-0.15, -0.1) is 0 Å². The van der Waals surface area contributed by atoms with E-state index in [-0.39, 0.29) is 0 Å². The molecule has 0 amide bonds. The minimum Gasteiger partial charge on any atom is -0.338 e. The zero-order chi connectivity index (χ0) is 14.5. The highest BCUT2D eigenvalue weighted by atomic mass is 15.0. The van der Waals surface area contributed by atoms with Gasteiger partial charge in [0.15, 0.2) is 0 Å². The molecule has 0 bridgehead atoms. The number of hydrogen-bond donors (Lipinski definition) is 2.